The Kier molecular flexibility index (Phi) is 8.53. The summed E-state index contributed by atoms with van der Waals surface area (Å²) in [6.07, 6.45) is -5.20. The van der Waals surface area contributed by atoms with Crippen molar-refractivity contribution in [3.63, 3.8) is 0 Å². The van der Waals surface area contributed by atoms with Gasteiger partial charge in [0.1, 0.15) is 0 Å². The molecule has 0 aromatic heterocycles. The van der Waals surface area contributed by atoms with E-state index in [1.54, 1.807) is 4.90 Å². The van der Waals surface area contributed by atoms with E-state index in [9.17, 15) is 21.6 Å². The number of rotatable bonds is 5. The molecule has 21 heavy (non-hydrogen) atoms. The minimum absolute atomic E-state index is 0.530. The molecule has 1 N–H and O–H groups in total. The molecule has 0 atom stereocenters. The molecule has 0 bridgehead atoms. The molecule has 0 saturated heterocycles. The Balaban J connectivity index is 0.000000486. The van der Waals surface area contributed by atoms with Gasteiger partial charge in [0.25, 0.3) is 0 Å². The number of hydrogen-bond acceptors (Lipinski definition) is 3. The Morgan fingerprint density at radius 1 is 1.00 bits per heavy atom. The highest BCUT2D eigenvalue weighted by Crippen LogP contribution is 2.23. The first-order valence-electron chi connectivity index (χ1n) is 6.57. The van der Waals surface area contributed by atoms with Crippen molar-refractivity contribution in [2.24, 2.45) is 0 Å². The molecule has 0 radical (unpaired) electrons. The number of nitrogens with one attached hydrogen (secondary N) is 1. The van der Waals surface area contributed by atoms with Crippen molar-refractivity contribution in [1.29, 1.82) is 0 Å². The Hall–Kier alpha value is -1.12. The van der Waals surface area contributed by atoms with Crippen LogP contribution in [0.2, 0.25) is 0 Å². The summed E-state index contributed by atoms with van der Waals surface area (Å²) >= 11 is 0. The Morgan fingerprint density at radius 2 is 1.43 bits per heavy atom. The number of alkyl halides is 3. The van der Waals surface area contributed by atoms with Crippen molar-refractivity contribution in [3.05, 3.63) is 30.3 Å². The summed E-state index contributed by atoms with van der Waals surface area (Å²) in [5.41, 5.74) is 0. The Bertz CT molecular complexity index is 480. The minimum Gasteiger partial charge on any atom is -0.336 e. The van der Waals surface area contributed by atoms with Crippen LogP contribution >= 0.6 is 0 Å². The van der Waals surface area contributed by atoms with E-state index in [0.717, 1.165) is 12.1 Å². The molecule has 0 unspecified atom stereocenters. The van der Waals surface area contributed by atoms with Gasteiger partial charge in [-0.25, -0.2) is 0 Å². The standard InChI is InChI=1S/C7H5F3O3S.C6H15N/c8-7(9,10)13-14(11,12)6-4-2-1-3-5-6;1-4-7(5-2)6-3/h1-5H;4-6H2,1-3H3/p+1. The van der Waals surface area contributed by atoms with Crippen LogP contribution in [0.4, 0.5) is 13.2 Å². The molecule has 0 spiro atoms. The third-order valence-electron chi connectivity index (χ3n) is 2.74. The second kappa shape index (κ2) is 9.01. The molecule has 0 aliphatic heterocycles. The van der Waals surface area contributed by atoms with Crippen LogP contribution in [-0.2, 0) is 14.3 Å². The van der Waals surface area contributed by atoms with E-state index in [-0.39, 0.29) is 0 Å². The van der Waals surface area contributed by atoms with Crippen molar-refractivity contribution >= 4 is 10.1 Å². The van der Waals surface area contributed by atoms with Crippen molar-refractivity contribution in [1.82, 2.24) is 0 Å². The molecule has 8 heteroatoms. The topological polar surface area (TPSA) is 47.8 Å². The van der Waals surface area contributed by atoms with Crippen molar-refractivity contribution in [2.75, 3.05) is 19.6 Å². The molecule has 122 valence electrons. The quantitative estimate of drug-likeness (QED) is 0.839. The minimum atomic E-state index is -5.20. The highest BCUT2D eigenvalue weighted by molar-refractivity contribution is 7.86. The first-order valence-corrected chi connectivity index (χ1v) is 7.98. The van der Waals surface area contributed by atoms with E-state index in [1.807, 2.05) is 0 Å². The van der Waals surface area contributed by atoms with Gasteiger partial charge in [0, 0.05) is 0 Å². The molecule has 1 rings (SSSR count). The van der Waals surface area contributed by atoms with Gasteiger partial charge in [-0.15, -0.1) is 13.2 Å². The molecule has 0 amide bonds. The van der Waals surface area contributed by atoms with Gasteiger partial charge in [0.2, 0.25) is 0 Å². The average molecular weight is 328 g/mol. The van der Waals surface area contributed by atoms with Crippen LogP contribution in [0.25, 0.3) is 0 Å². The lowest BCUT2D eigenvalue weighted by molar-refractivity contribution is -0.894. The molecule has 1 aromatic rings. The maximum atomic E-state index is 11.6. The lowest BCUT2D eigenvalue weighted by Gasteiger charge is -2.10. The molecule has 0 fully saturated rings. The van der Waals surface area contributed by atoms with Gasteiger partial charge in [0.05, 0.1) is 24.5 Å². The first kappa shape index (κ1) is 19.9. The predicted octanol–water partition coefficient (Wildman–Crippen LogP) is 1.84. The smallest absolute Gasteiger partial charge is 0.336 e. The summed E-state index contributed by atoms with van der Waals surface area (Å²) in [7, 11) is -4.74. The van der Waals surface area contributed by atoms with E-state index >= 15 is 0 Å². The van der Waals surface area contributed by atoms with E-state index in [0.29, 0.717) is 0 Å². The molecule has 0 aliphatic carbocycles. The SMILES string of the molecule is CC[NH+](CC)CC.O=S(=O)(OC(F)(F)F)c1ccccc1. The van der Waals surface area contributed by atoms with Crippen LogP contribution in [-0.4, -0.2) is 34.4 Å². The second-order valence-electron chi connectivity index (χ2n) is 4.11. The zero-order valence-corrected chi connectivity index (χ0v) is 13.1. The lowest BCUT2D eigenvalue weighted by atomic mass is 10.4. The number of benzene rings is 1. The molecule has 4 nitrogen and oxygen atoms in total. The van der Waals surface area contributed by atoms with Gasteiger partial charge >= 0.3 is 16.5 Å². The summed E-state index contributed by atoms with van der Waals surface area (Å²) in [6.45, 7) is 10.5. The average Bonchev–Trinajstić information content (AvgIpc) is 2.40. The van der Waals surface area contributed by atoms with Crippen LogP contribution in [0.5, 0.6) is 0 Å². The summed E-state index contributed by atoms with van der Waals surface area (Å²) in [5, 5.41) is 0. The van der Waals surface area contributed by atoms with Crippen LogP contribution in [0.3, 0.4) is 0 Å². The maximum absolute atomic E-state index is 11.6. The molecule has 0 aliphatic rings. The Morgan fingerprint density at radius 3 is 1.71 bits per heavy atom. The largest absolute Gasteiger partial charge is 0.537 e. The molecule has 0 saturated carbocycles. The molecular weight excluding hydrogens is 307 g/mol. The van der Waals surface area contributed by atoms with Gasteiger partial charge in [-0.2, -0.15) is 12.6 Å². The highest BCUT2D eigenvalue weighted by atomic mass is 32.2. The number of hydrogen-bond donors (Lipinski definition) is 1. The molecule has 1 aromatic carbocycles. The zero-order chi connectivity index (χ0) is 16.5. The fourth-order valence-electron chi connectivity index (χ4n) is 1.51. The molecule has 0 heterocycles. The zero-order valence-electron chi connectivity index (χ0n) is 12.3. The maximum Gasteiger partial charge on any atom is 0.537 e. The van der Waals surface area contributed by atoms with Gasteiger partial charge in [-0.1, -0.05) is 18.2 Å². The second-order valence-corrected chi connectivity index (χ2v) is 5.65. The monoisotopic (exact) mass is 328 g/mol. The normalized spacial score (nSPS) is 12.0. The number of quaternary nitrogens is 1. The molecular formula is C13H21F3NO3S+. The fourth-order valence-corrected chi connectivity index (χ4v) is 2.35. The van der Waals surface area contributed by atoms with Gasteiger partial charge in [-0.3, -0.25) is 0 Å². The summed E-state index contributed by atoms with van der Waals surface area (Å²) in [5.74, 6) is 0. The predicted molar refractivity (Wildman–Crippen MR) is 73.4 cm³/mol. The Labute approximate surface area is 123 Å². The van der Waals surface area contributed by atoms with E-state index in [2.05, 4.69) is 25.0 Å². The third-order valence-corrected chi connectivity index (χ3v) is 3.99. The lowest BCUT2D eigenvalue weighted by Crippen LogP contribution is -3.11. The first-order chi connectivity index (χ1) is 9.66. The van der Waals surface area contributed by atoms with Gasteiger partial charge < -0.3 is 4.90 Å². The summed E-state index contributed by atoms with van der Waals surface area (Å²) < 4.78 is 59.7. The number of halogens is 3. The van der Waals surface area contributed by atoms with Crippen LogP contribution in [0.15, 0.2) is 35.2 Å². The van der Waals surface area contributed by atoms with E-state index in [4.69, 9.17) is 0 Å². The van der Waals surface area contributed by atoms with Gasteiger partial charge in [0.15, 0.2) is 0 Å². The van der Waals surface area contributed by atoms with E-state index in [1.165, 1.54) is 37.8 Å². The fraction of sp³-hybridized carbons (Fsp3) is 0.538. The van der Waals surface area contributed by atoms with Crippen LogP contribution in [0, 0.1) is 0 Å². The van der Waals surface area contributed by atoms with Crippen molar-refractivity contribution in [2.45, 2.75) is 32.0 Å². The van der Waals surface area contributed by atoms with E-state index < -0.39 is 21.4 Å². The third kappa shape index (κ3) is 8.69. The summed E-state index contributed by atoms with van der Waals surface area (Å²) in [6, 6.07) is 6.11. The van der Waals surface area contributed by atoms with Crippen molar-refractivity contribution < 1.29 is 30.7 Å². The van der Waals surface area contributed by atoms with Crippen LogP contribution < -0.4 is 4.90 Å². The van der Waals surface area contributed by atoms with Gasteiger partial charge in [-0.05, 0) is 32.9 Å². The summed E-state index contributed by atoms with van der Waals surface area (Å²) in [4.78, 5) is 1.15. The van der Waals surface area contributed by atoms with Crippen LogP contribution in [0.1, 0.15) is 20.8 Å². The highest BCUT2D eigenvalue weighted by Gasteiger charge is 2.37. The van der Waals surface area contributed by atoms with Crippen molar-refractivity contribution in [3.8, 4) is 0 Å².